The summed E-state index contributed by atoms with van der Waals surface area (Å²) in [4.78, 5) is 12.1. The van der Waals surface area contributed by atoms with Gasteiger partial charge in [-0.05, 0) is 48.6 Å². The second kappa shape index (κ2) is 9.69. The quantitative estimate of drug-likeness (QED) is 0.444. The molecule has 0 atom stereocenters. The standard InChI is InChI=1S/C25H26N2O2/c1-4-23(22-13-11-21(12-14-22)20-8-6-5-7-9-20)26-27-25(28)17-29-24-15-10-18(2)16-19(24)3/h5-16H,4,17H2,1-3H3,(H,27,28). The SMILES string of the molecule is CCC(=NNC(=O)COc1ccc(C)cc1C)c1ccc(-c2ccccc2)cc1. The fourth-order valence-electron chi connectivity index (χ4n) is 3.10. The van der Waals surface area contributed by atoms with Crippen LogP contribution < -0.4 is 10.2 Å². The van der Waals surface area contributed by atoms with Crippen LogP contribution in [0.1, 0.15) is 30.0 Å². The summed E-state index contributed by atoms with van der Waals surface area (Å²) in [5, 5.41) is 4.30. The zero-order valence-corrected chi connectivity index (χ0v) is 17.1. The number of hydrogen-bond donors (Lipinski definition) is 1. The molecule has 0 saturated carbocycles. The van der Waals surface area contributed by atoms with Gasteiger partial charge in [0, 0.05) is 0 Å². The minimum absolute atomic E-state index is 0.0721. The average Bonchev–Trinajstić information content (AvgIpc) is 2.74. The van der Waals surface area contributed by atoms with E-state index >= 15 is 0 Å². The summed E-state index contributed by atoms with van der Waals surface area (Å²) < 4.78 is 5.61. The number of carbonyl (C=O) groups is 1. The summed E-state index contributed by atoms with van der Waals surface area (Å²) in [6.45, 7) is 5.93. The minimum atomic E-state index is -0.281. The molecule has 0 unspecified atom stereocenters. The predicted molar refractivity (Wildman–Crippen MR) is 118 cm³/mol. The van der Waals surface area contributed by atoms with Gasteiger partial charge in [0.15, 0.2) is 6.61 Å². The van der Waals surface area contributed by atoms with Crippen LogP contribution >= 0.6 is 0 Å². The van der Waals surface area contributed by atoms with Gasteiger partial charge in [-0.25, -0.2) is 5.43 Å². The lowest BCUT2D eigenvalue weighted by Crippen LogP contribution is -2.26. The molecule has 0 saturated heterocycles. The Morgan fingerprint density at radius 2 is 1.62 bits per heavy atom. The molecule has 0 heterocycles. The normalized spacial score (nSPS) is 11.2. The topological polar surface area (TPSA) is 50.7 Å². The average molecular weight is 386 g/mol. The molecule has 0 aromatic heterocycles. The second-order valence-corrected chi connectivity index (χ2v) is 6.95. The molecule has 29 heavy (non-hydrogen) atoms. The van der Waals surface area contributed by atoms with Crippen molar-refractivity contribution in [3.63, 3.8) is 0 Å². The van der Waals surface area contributed by atoms with Gasteiger partial charge in [0.25, 0.3) is 5.91 Å². The largest absolute Gasteiger partial charge is 0.483 e. The molecule has 0 aliphatic carbocycles. The molecule has 1 N–H and O–H groups in total. The van der Waals surface area contributed by atoms with Crippen molar-refractivity contribution in [2.45, 2.75) is 27.2 Å². The van der Waals surface area contributed by atoms with E-state index in [1.54, 1.807) is 0 Å². The van der Waals surface area contributed by atoms with Crippen LogP contribution in [0.4, 0.5) is 0 Å². The van der Waals surface area contributed by atoms with Crippen molar-refractivity contribution in [2.24, 2.45) is 5.10 Å². The third-order valence-corrected chi connectivity index (χ3v) is 4.66. The molecule has 3 rings (SSSR count). The Hall–Kier alpha value is -3.40. The summed E-state index contributed by atoms with van der Waals surface area (Å²) in [5.41, 5.74) is 8.91. The number of ether oxygens (including phenoxy) is 1. The van der Waals surface area contributed by atoms with E-state index in [1.165, 1.54) is 5.56 Å². The van der Waals surface area contributed by atoms with Crippen molar-refractivity contribution in [3.05, 3.63) is 89.5 Å². The highest BCUT2D eigenvalue weighted by atomic mass is 16.5. The predicted octanol–water partition coefficient (Wildman–Crippen LogP) is 5.28. The molecule has 0 aliphatic heterocycles. The van der Waals surface area contributed by atoms with E-state index in [9.17, 15) is 4.79 Å². The number of nitrogens with zero attached hydrogens (tertiary/aromatic N) is 1. The minimum Gasteiger partial charge on any atom is -0.483 e. The summed E-state index contributed by atoms with van der Waals surface area (Å²) in [7, 11) is 0. The number of carbonyl (C=O) groups excluding carboxylic acids is 1. The van der Waals surface area contributed by atoms with Gasteiger partial charge in [-0.1, -0.05) is 79.2 Å². The molecule has 0 spiro atoms. The van der Waals surface area contributed by atoms with Gasteiger partial charge in [-0.3, -0.25) is 4.79 Å². The van der Waals surface area contributed by atoms with E-state index in [2.05, 4.69) is 34.8 Å². The molecule has 1 amide bonds. The van der Waals surface area contributed by atoms with Crippen LogP contribution in [0.15, 0.2) is 77.9 Å². The van der Waals surface area contributed by atoms with Crippen molar-refractivity contribution >= 4 is 11.6 Å². The fraction of sp³-hybridized carbons (Fsp3) is 0.200. The Labute approximate surface area is 172 Å². The van der Waals surface area contributed by atoms with Crippen LogP contribution in [0.2, 0.25) is 0 Å². The molecular weight excluding hydrogens is 360 g/mol. The Morgan fingerprint density at radius 3 is 2.28 bits per heavy atom. The van der Waals surface area contributed by atoms with Gasteiger partial charge in [0.1, 0.15) is 5.75 Å². The van der Waals surface area contributed by atoms with Gasteiger partial charge in [-0.15, -0.1) is 0 Å². The molecule has 0 radical (unpaired) electrons. The van der Waals surface area contributed by atoms with Crippen molar-refractivity contribution in [2.75, 3.05) is 6.61 Å². The third-order valence-electron chi connectivity index (χ3n) is 4.66. The van der Waals surface area contributed by atoms with E-state index in [1.807, 2.05) is 69.3 Å². The van der Waals surface area contributed by atoms with E-state index in [0.29, 0.717) is 12.2 Å². The van der Waals surface area contributed by atoms with Gasteiger partial charge < -0.3 is 4.74 Å². The molecule has 0 bridgehead atoms. The van der Waals surface area contributed by atoms with Crippen molar-refractivity contribution < 1.29 is 9.53 Å². The molecule has 148 valence electrons. The zero-order valence-electron chi connectivity index (χ0n) is 17.1. The van der Waals surface area contributed by atoms with Crippen LogP contribution in [0, 0.1) is 13.8 Å². The summed E-state index contributed by atoms with van der Waals surface area (Å²) in [5.74, 6) is 0.429. The zero-order chi connectivity index (χ0) is 20.6. The van der Waals surface area contributed by atoms with E-state index in [0.717, 1.165) is 28.0 Å². The van der Waals surface area contributed by atoms with Crippen LogP contribution in [-0.4, -0.2) is 18.2 Å². The number of rotatable bonds is 7. The van der Waals surface area contributed by atoms with E-state index in [4.69, 9.17) is 4.74 Å². The maximum atomic E-state index is 12.1. The Morgan fingerprint density at radius 1 is 0.931 bits per heavy atom. The number of amides is 1. The molecule has 0 fully saturated rings. The molecule has 4 heteroatoms. The Kier molecular flexibility index (Phi) is 6.80. The van der Waals surface area contributed by atoms with Crippen LogP contribution in [0.3, 0.4) is 0 Å². The van der Waals surface area contributed by atoms with Crippen LogP contribution in [-0.2, 0) is 4.79 Å². The third kappa shape index (κ3) is 5.55. The molecule has 3 aromatic carbocycles. The number of aryl methyl sites for hydroxylation is 2. The monoisotopic (exact) mass is 386 g/mol. The molecular formula is C25H26N2O2. The van der Waals surface area contributed by atoms with E-state index < -0.39 is 0 Å². The maximum Gasteiger partial charge on any atom is 0.277 e. The lowest BCUT2D eigenvalue weighted by molar-refractivity contribution is -0.123. The van der Waals surface area contributed by atoms with Gasteiger partial charge in [0.05, 0.1) is 5.71 Å². The van der Waals surface area contributed by atoms with Crippen molar-refractivity contribution in [1.82, 2.24) is 5.43 Å². The highest BCUT2D eigenvalue weighted by Gasteiger charge is 2.07. The summed E-state index contributed by atoms with van der Waals surface area (Å²) in [6.07, 6.45) is 0.711. The molecule has 0 aliphatic rings. The lowest BCUT2D eigenvalue weighted by Gasteiger charge is -2.10. The number of nitrogens with one attached hydrogen (secondary N) is 1. The van der Waals surface area contributed by atoms with Gasteiger partial charge in [0.2, 0.25) is 0 Å². The first kappa shape index (κ1) is 20.3. The summed E-state index contributed by atoms with van der Waals surface area (Å²) >= 11 is 0. The number of hydrazone groups is 1. The summed E-state index contributed by atoms with van der Waals surface area (Å²) in [6, 6.07) is 24.3. The van der Waals surface area contributed by atoms with Crippen molar-refractivity contribution in [1.29, 1.82) is 0 Å². The highest BCUT2D eigenvalue weighted by Crippen LogP contribution is 2.20. The number of benzene rings is 3. The van der Waals surface area contributed by atoms with Crippen molar-refractivity contribution in [3.8, 4) is 16.9 Å². The fourth-order valence-corrected chi connectivity index (χ4v) is 3.10. The maximum absolute atomic E-state index is 12.1. The highest BCUT2D eigenvalue weighted by molar-refractivity contribution is 6.01. The molecule has 3 aromatic rings. The van der Waals surface area contributed by atoms with E-state index in [-0.39, 0.29) is 12.5 Å². The first-order chi connectivity index (χ1) is 14.1. The first-order valence-electron chi connectivity index (χ1n) is 9.78. The van der Waals surface area contributed by atoms with Gasteiger partial charge >= 0.3 is 0 Å². The first-order valence-corrected chi connectivity index (χ1v) is 9.78. The Bertz CT molecular complexity index is 993. The lowest BCUT2D eigenvalue weighted by atomic mass is 10.0. The Balaban J connectivity index is 1.61. The second-order valence-electron chi connectivity index (χ2n) is 6.95. The van der Waals surface area contributed by atoms with Crippen LogP contribution in [0.5, 0.6) is 5.75 Å². The smallest absolute Gasteiger partial charge is 0.277 e. The van der Waals surface area contributed by atoms with Gasteiger partial charge in [-0.2, -0.15) is 5.10 Å². The number of hydrogen-bond acceptors (Lipinski definition) is 3. The molecule has 4 nitrogen and oxygen atoms in total. The van der Waals surface area contributed by atoms with Crippen LogP contribution in [0.25, 0.3) is 11.1 Å².